The summed E-state index contributed by atoms with van der Waals surface area (Å²) in [6.45, 7) is 1.74. The molecule has 2 aromatic rings. The van der Waals surface area contributed by atoms with E-state index >= 15 is 0 Å². The van der Waals surface area contributed by atoms with Crippen molar-refractivity contribution in [2.24, 2.45) is 0 Å². The third kappa shape index (κ3) is 1.93. The molecule has 0 aliphatic carbocycles. The van der Waals surface area contributed by atoms with Crippen LogP contribution in [0.4, 0.5) is 5.69 Å². The van der Waals surface area contributed by atoms with Crippen LogP contribution in [0.2, 0.25) is 0 Å². The van der Waals surface area contributed by atoms with Crippen molar-refractivity contribution in [3.8, 4) is 11.3 Å². The van der Waals surface area contributed by atoms with Crippen LogP contribution >= 0.6 is 0 Å². The lowest BCUT2D eigenvalue weighted by atomic mass is 10.1. The molecule has 0 saturated carbocycles. The lowest BCUT2D eigenvalue weighted by molar-refractivity contribution is -0.384. The second kappa shape index (κ2) is 4.28. The molecule has 0 fully saturated rings. The fourth-order valence-electron chi connectivity index (χ4n) is 1.58. The minimum atomic E-state index is -1.30. The first-order valence-electron chi connectivity index (χ1n) is 4.93. The molecule has 0 radical (unpaired) electrons. The number of oxazole rings is 1. The molecule has 1 heterocycles. The number of aromatic nitrogens is 1. The molecular formula is C11H8N2O5. The predicted octanol–water partition coefficient (Wildman–Crippen LogP) is 2.26. The van der Waals surface area contributed by atoms with Crippen LogP contribution in [-0.2, 0) is 0 Å². The Hall–Kier alpha value is -2.70. The third-order valence-corrected chi connectivity index (χ3v) is 2.36. The summed E-state index contributed by atoms with van der Waals surface area (Å²) in [6, 6.07) is 4.36. The van der Waals surface area contributed by atoms with E-state index in [1.807, 2.05) is 0 Å². The number of aromatic carboxylic acids is 1. The van der Waals surface area contributed by atoms with E-state index in [0.29, 0.717) is 0 Å². The average Bonchev–Trinajstić information content (AvgIpc) is 2.77. The average molecular weight is 248 g/mol. The second-order valence-electron chi connectivity index (χ2n) is 3.61. The molecule has 7 nitrogen and oxygen atoms in total. The van der Waals surface area contributed by atoms with Gasteiger partial charge in [0.1, 0.15) is 0 Å². The molecule has 0 aliphatic rings. The van der Waals surface area contributed by atoms with Crippen molar-refractivity contribution in [2.75, 3.05) is 0 Å². The summed E-state index contributed by atoms with van der Waals surface area (Å²) in [4.78, 5) is 24.8. The van der Waals surface area contributed by atoms with E-state index in [9.17, 15) is 14.9 Å². The van der Waals surface area contributed by atoms with Gasteiger partial charge in [-0.2, -0.15) is 0 Å². The van der Waals surface area contributed by atoms with E-state index in [0.717, 1.165) is 12.0 Å². The van der Waals surface area contributed by atoms with Gasteiger partial charge >= 0.3 is 5.97 Å². The summed E-state index contributed by atoms with van der Waals surface area (Å²) in [6.07, 6.45) is 0.949. The Morgan fingerprint density at radius 1 is 1.50 bits per heavy atom. The van der Waals surface area contributed by atoms with Gasteiger partial charge in [0, 0.05) is 6.07 Å². The van der Waals surface area contributed by atoms with Crippen LogP contribution in [0, 0.1) is 17.0 Å². The summed E-state index contributed by atoms with van der Waals surface area (Å²) < 4.78 is 4.96. The molecule has 92 valence electrons. The second-order valence-corrected chi connectivity index (χ2v) is 3.61. The zero-order chi connectivity index (χ0) is 13.3. The van der Waals surface area contributed by atoms with Crippen molar-refractivity contribution in [2.45, 2.75) is 6.92 Å². The van der Waals surface area contributed by atoms with Crippen molar-refractivity contribution in [3.63, 3.8) is 0 Å². The Morgan fingerprint density at radius 2 is 2.22 bits per heavy atom. The number of nitrogens with zero attached hydrogens (tertiary/aromatic N) is 2. The minimum Gasteiger partial charge on any atom is -0.476 e. The Balaban J connectivity index is 2.69. The highest BCUT2D eigenvalue weighted by Gasteiger charge is 2.24. The van der Waals surface area contributed by atoms with Crippen molar-refractivity contribution in [3.05, 3.63) is 46.0 Å². The number of benzene rings is 1. The van der Waals surface area contributed by atoms with E-state index in [4.69, 9.17) is 9.52 Å². The smallest absolute Gasteiger partial charge is 0.358 e. The number of nitro groups is 1. The summed E-state index contributed by atoms with van der Waals surface area (Å²) in [7, 11) is 0. The Bertz CT molecular complexity index is 632. The van der Waals surface area contributed by atoms with Gasteiger partial charge in [0.2, 0.25) is 0 Å². The number of carbonyl (C=O) groups is 1. The van der Waals surface area contributed by atoms with E-state index in [-0.39, 0.29) is 22.7 Å². The van der Waals surface area contributed by atoms with Gasteiger partial charge in [-0.15, -0.1) is 0 Å². The summed E-state index contributed by atoms with van der Waals surface area (Å²) >= 11 is 0. The maximum Gasteiger partial charge on any atom is 0.358 e. The topological polar surface area (TPSA) is 106 Å². The summed E-state index contributed by atoms with van der Waals surface area (Å²) in [5.41, 5.74) is 0.293. The quantitative estimate of drug-likeness (QED) is 0.659. The van der Waals surface area contributed by atoms with Gasteiger partial charge in [-0.25, -0.2) is 9.78 Å². The van der Waals surface area contributed by atoms with Gasteiger partial charge < -0.3 is 9.52 Å². The fourth-order valence-corrected chi connectivity index (χ4v) is 1.58. The third-order valence-electron chi connectivity index (χ3n) is 2.36. The number of carboxylic acid groups (broad SMARTS) is 1. The highest BCUT2D eigenvalue weighted by atomic mass is 16.6. The van der Waals surface area contributed by atoms with Gasteiger partial charge in [0.25, 0.3) is 5.69 Å². The summed E-state index contributed by atoms with van der Waals surface area (Å²) in [5.74, 6) is -1.41. The van der Waals surface area contributed by atoms with Gasteiger partial charge in [-0.05, 0) is 18.6 Å². The van der Waals surface area contributed by atoms with Crippen LogP contribution < -0.4 is 0 Å². The standard InChI is InChI=1S/C11H8N2O5/c1-6-2-3-8(13(16)17)7(4-6)10-9(11(14)15)12-5-18-10/h2-5H,1H3,(H,14,15). The van der Waals surface area contributed by atoms with Crippen LogP contribution in [0.3, 0.4) is 0 Å². The number of rotatable bonds is 3. The number of hydrogen-bond acceptors (Lipinski definition) is 5. The van der Waals surface area contributed by atoms with Gasteiger partial charge in [-0.3, -0.25) is 10.1 Å². The highest BCUT2D eigenvalue weighted by molar-refractivity contribution is 5.93. The van der Waals surface area contributed by atoms with Crippen LogP contribution in [0.15, 0.2) is 29.0 Å². The Labute approximate surface area is 101 Å². The van der Waals surface area contributed by atoms with Crippen LogP contribution in [0.5, 0.6) is 0 Å². The van der Waals surface area contributed by atoms with Crippen molar-refractivity contribution >= 4 is 11.7 Å². The molecule has 0 bridgehead atoms. The molecule has 1 aromatic heterocycles. The van der Waals surface area contributed by atoms with Gasteiger partial charge in [0.15, 0.2) is 17.8 Å². The molecule has 2 rings (SSSR count). The number of nitro benzene ring substituents is 1. The first-order valence-corrected chi connectivity index (χ1v) is 4.93. The maximum atomic E-state index is 10.9. The molecular weight excluding hydrogens is 240 g/mol. The van der Waals surface area contributed by atoms with Crippen molar-refractivity contribution in [1.82, 2.24) is 4.98 Å². The van der Waals surface area contributed by atoms with Gasteiger partial charge in [0.05, 0.1) is 10.5 Å². The molecule has 1 N–H and O–H groups in total. The minimum absolute atomic E-state index is 0.106. The molecule has 0 saturated heterocycles. The molecule has 1 aromatic carbocycles. The van der Waals surface area contributed by atoms with Crippen LogP contribution in [-0.4, -0.2) is 21.0 Å². The predicted molar refractivity (Wildman–Crippen MR) is 60.3 cm³/mol. The Kier molecular flexibility index (Phi) is 2.80. The number of aryl methyl sites for hydroxylation is 1. The van der Waals surface area contributed by atoms with Gasteiger partial charge in [-0.1, -0.05) is 6.07 Å². The summed E-state index contributed by atoms with van der Waals surface area (Å²) in [5, 5.41) is 19.8. The number of hydrogen-bond donors (Lipinski definition) is 1. The normalized spacial score (nSPS) is 10.3. The van der Waals surface area contributed by atoms with Crippen LogP contribution in [0.25, 0.3) is 11.3 Å². The van der Waals surface area contributed by atoms with E-state index < -0.39 is 10.9 Å². The number of carboxylic acids is 1. The molecule has 0 aliphatic heterocycles. The van der Waals surface area contributed by atoms with E-state index in [1.165, 1.54) is 12.1 Å². The maximum absolute atomic E-state index is 10.9. The highest BCUT2D eigenvalue weighted by Crippen LogP contribution is 2.32. The zero-order valence-corrected chi connectivity index (χ0v) is 9.28. The molecule has 7 heteroatoms. The molecule has 18 heavy (non-hydrogen) atoms. The SMILES string of the molecule is Cc1ccc([N+](=O)[O-])c(-c2ocnc2C(=O)O)c1. The first-order chi connectivity index (χ1) is 8.50. The lowest BCUT2D eigenvalue weighted by Gasteiger charge is -2.01. The van der Waals surface area contributed by atoms with Crippen molar-refractivity contribution < 1.29 is 19.2 Å². The largest absolute Gasteiger partial charge is 0.476 e. The molecule has 0 spiro atoms. The Morgan fingerprint density at radius 3 is 2.83 bits per heavy atom. The van der Waals surface area contributed by atoms with E-state index in [2.05, 4.69) is 4.98 Å². The molecule has 0 amide bonds. The monoisotopic (exact) mass is 248 g/mol. The fraction of sp³-hybridized carbons (Fsp3) is 0.0909. The molecule has 0 unspecified atom stereocenters. The van der Waals surface area contributed by atoms with Crippen LogP contribution in [0.1, 0.15) is 16.1 Å². The lowest BCUT2D eigenvalue weighted by Crippen LogP contribution is -2.00. The first kappa shape index (κ1) is 11.8. The van der Waals surface area contributed by atoms with Crippen molar-refractivity contribution in [1.29, 1.82) is 0 Å². The van der Waals surface area contributed by atoms with E-state index in [1.54, 1.807) is 13.0 Å². The zero-order valence-electron chi connectivity index (χ0n) is 9.28. The molecule has 0 atom stereocenters.